The molecule has 1 aliphatic heterocycles. The van der Waals surface area contributed by atoms with Crippen molar-refractivity contribution in [3.8, 4) is 0 Å². The van der Waals surface area contributed by atoms with Gasteiger partial charge < -0.3 is 4.90 Å². The van der Waals surface area contributed by atoms with Gasteiger partial charge >= 0.3 is 6.03 Å². The Morgan fingerprint density at radius 1 is 1.47 bits per heavy atom. The average molecular weight is 210 g/mol. The third-order valence-corrected chi connectivity index (χ3v) is 3.59. The number of carbonyl (C=O) groups excluding carboxylic acids is 2. The van der Waals surface area contributed by atoms with E-state index in [2.05, 4.69) is 12.2 Å². The molecule has 2 aliphatic rings. The highest BCUT2D eigenvalue weighted by Crippen LogP contribution is 2.41. The Morgan fingerprint density at radius 2 is 2.13 bits per heavy atom. The normalized spacial score (nSPS) is 29.7. The van der Waals surface area contributed by atoms with Gasteiger partial charge in [0.05, 0.1) is 5.92 Å². The van der Waals surface area contributed by atoms with Crippen LogP contribution in [0.2, 0.25) is 0 Å². The number of nitrogens with zero attached hydrogens (tertiary/aromatic N) is 1. The maximum atomic E-state index is 11.6. The van der Waals surface area contributed by atoms with Crippen molar-refractivity contribution in [1.82, 2.24) is 10.2 Å². The molecule has 1 aliphatic carbocycles. The number of hydrogen-bond acceptors (Lipinski definition) is 2. The summed E-state index contributed by atoms with van der Waals surface area (Å²) < 4.78 is 0. The molecule has 1 N–H and O–H groups in total. The summed E-state index contributed by atoms with van der Waals surface area (Å²) in [5, 5.41) is 2.40. The van der Waals surface area contributed by atoms with Crippen molar-refractivity contribution in [3.05, 3.63) is 0 Å². The van der Waals surface area contributed by atoms with Crippen molar-refractivity contribution in [2.24, 2.45) is 11.3 Å². The molecule has 2 fully saturated rings. The van der Waals surface area contributed by atoms with E-state index in [1.807, 2.05) is 6.92 Å². The number of hydrogen-bond donors (Lipinski definition) is 1. The highest BCUT2D eigenvalue weighted by Gasteiger charge is 2.38. The van der Waals surface area contributed by atoms with Gasteiger partial charge in [-0.15, -0.1) is 0 Å². The topological polar surface area (TPSA) is 49.4 Å². The standard InChI is InChI=1S/C11H18N2O2/c1-8-6-13(10(15)12-9(8)14)7-11(2)4-3-5-11/h8H,3-7H2,1-2H3,(H,12,14,15). The SMILES string of the molecule is CC1CN(CC2(C)CCC2)C(=O)NC1=O. The van der Waals surface area contributed by atoms with E-state index in [-0.39, 0.29) is 23.3 Å². The molecule has 1 saturated carbocycles. The van der Waals surface area contributed by atoms with E-state index >= 15 is 0 Å². The van der Waals surface area contributed by atoms with Gasteiger partial charge in [0.25, 0.3) is 0 Å². The molecule has 1 saturated heterocycles. The van der Waals surface area contributed by atoms with E-state index < -0.39 is 0 Å². The third kappa shape index (κ3) is 1.98. The number of nitrogens with one attached hydrogen (secondary N) is 1. The number of imide groups is 1. The van der Waals surface area contributed by atoms with Gasteiger partial charge in [0, 0.05) is 13.1 Å². The molecule has 0 aromatic rings. The summed E-state index contributed by atoms with van der Waals surface area (Å²) >= 11 is 0. The summed E-state index contributed by atoms with van der Waals surface area (Å²) in [6.07, 6.45) is 3.65. The van der Waals surface area contributed by atoms with Gasteiger partial charge in [-0.1, -0.05) is 20.3 Å². The minimum absolute atomic E-state index is 0.0774. The Bertz CT molecular complexity index is 297. The fraction of sp³-hybridized carbons (Fsp3) is 0.818. The van der Waals surface area contributed by atoms with Crippen LogP contribution in [0.1, 0.15) is 33.1 Å². The molecule has 4 heteroatoms. The van der Waals surface area contributed by atoms with Crippen LogP contribution in [-0.4, -0.2) is 29.9 Å². The number of amides is 3. The molecule has 4 nitrogen and oxygen atoms in total. The minimum Gasteiger partial charge on any atom is -0.323 e. The van der Waals surface area contributed by atoms with Crippen molar-refractivity contribution >= 4 is 11.9 Å². The molecule has 0 aromatic carbocycles. The van der Waals surface area contributed by atoms with Gasteiger partial charge in [-0.25, -0.2) is 4.79 Å². The first-order chi connectivity index (χ1) is 7.00. The predicted molar refractivity (Wildman–Crippen MR) is 56.2 cm³/mol. The molecule has 15 heavy (non-hydrogen) atoms. The first kappa shape index (κ1) is 10.5. The van der Waals surface area contributed by atoms with Crippen molar-refractivity contribution in [2.75, 3.05) is 13.1 Å². The lowest BCUT2D eigenvalue weighted by molar-refractivity contribution is -0.125. The first-order valence-electron chi connectivity index (χ1n) is 5.60. The van der Waals surface area contributed by atoms with Crippen LogP contribution in [0.3, 0.4) is 0 Å². The molecule has 1 heterocycles. The summed E-state index contributed by atoms with van der Waals surface area (Å²) in [6.45, 7) is 5.43. The molecule has 3 amide bonds. The smallest absolute Gasteiger partial charge is 0.323 e. The van der Waals surface area contributed by atoms with E-state index in [0.717, 1.165) is 6.54 Å². The number of carbonyl (C=O) groups is 2. The fourth-order valence-corrected chi connectivity index (χ4v) is 2.34. The second-order valence-corrected chi connectivity index (χ2v) is 5.24. The van der Waals surface area contributed by atoms with Crippen LogP contribution in [0.4, 0.5) is 4.79 Å². The molecular weight excluding hydrogens is 192 g/mol. The van der Waals surface area contributed by atoms with E-state index in [4.69, 9.17) is 0 Å². The molecule has 0 bridgehead atoms. The van der Waals surface area contributed by atoms with Gasteiger partial charge in [0.1, 0.15) is 0 Å². The molecule has 1 unspecified atom stereocenters. The van der Waals surface area contributed by atoms with Crippen LogP contribution in [0.25, 0.3) is 0 Å². The van der Waals surface area contributed by atoms with Gasteiger partial charge in [0.15, 0.2) is 0 Å². The van der Waals surface area contributed by atoms with Gasteiger partial charge in [-0.2, -0.15) is 0 Å². The first-order valence-corrected chi connectivity index (χ1v) is 5.60. The molecule has 0 aromatic heterocycles. The summed E-state index contributed by atoms with van der Waals surface area (Å²) in [5.41, 5.74) is 0.289. The van der Waals surface area contributed by atoms with Gasteiger partial charge in [-0.05, 0) is 18.3 Å². The molecular formula is C11H18N2O2. The zero-order valence-corrected chi connectivity index (χ0v) is 9.38. The Balaban J connectivity index is 1.97. The monoisotopic (exact) mass is 210 g/mol. The van der Waals surface area contributed by atoms with Crippen LogP contribution in [0.15, 0.2) is 0 Å². The predicted octanol–water partition coefficient (Wildman–Crippen LogP) is 1.36. The summed E-state index contributed by atoms with van der Waals surface area (Å²) in [5.74, 6) is -0.221. The Kier molecular flexibility index (Phi) is 2.44. The summed E-state index contributed by atoms with van der Waals surface area (Å²) in [7, 11) is 0. The van der Waals surface area contributed by atoms with Crippen molar-refractivity contribution < 1.29 is 9.59 Å². The highest BCUT2D eigenvalue weighted by molar-refractivity contribution is 5.97. The van der Waals surface area contributed by atoms with Gasteiger partial charge in [0.2, 0.25) is 5.91 Å². The average Bonchev–Trinajstić information content (AvgIpc) is 2.11. The zero-order valence-electron chi connectivity index (χ0n) is 9.38. The Labute approximate surface area is 90.0 Å². The van der Waals surface area contributed by atoms with Crippen LogP contribution >= 0.6 is 0 Å². The van der Waals surface area contributed by atoms with E-state index in [1.165, 1.54) is 19.3 Å². The van der Waals surface area contributed by atoms with Gasteiger partial charge in [-0.3, -0.25) is 10.1 Å². The molecule has 2 rings (SSSR count). The van der Waals surface area contributed by atoms with Crippen LogP contribution in [-0.2, 0) is 4.79 Å². The lowest BCUT2D eigenvalue weighted by Gasteiger charge is -2.43. The van der Waals surface area contributed by atoms with Crippen molar-refractivity contribution in [2.45, 2.75) is 33.1 Å². The minimum atomic E-state index is -0.216. The van der Waals surface area contributed by atoms with E-state index in [9.17, 15) is 9.59 Å². The molecule has 84 valence electrons. The quantitative estimate of drug-likeness (QED) is 0.748. The maximum absolute atomic E-state index is 11.6. The summed E-state index contributed by atoms with van der Waals surface area (Å²) in [4.78, 5) is 24.6. The fourth-order valence-electron chi connectivity index (χ4n) is 2.34. The van der Waals surface area contributed by atoms with Crippen molar-refractivity contribution in [3.63, 3.8) is 0 Å². The largest absolute Gasteiger partial charge is 0.324 e. The Morgan fingerprint density at radius 3 is 2.67 bits per heavy atom. The lowest BCUT2D eigenvalue weighted by atomic mass is 9.70. The van der Waals surface area contributed by atoms with Crippen molar-refractivity contribution in [1.29, 1.82) is 0 Å². The third-order valence-electron chi connectivity index (χ3n) is 3.59. The lowest BCUT2D eigenvalue weighted by Crippen LogP contribution is -2.56. The van der Waals surface area contributed by atoms with E-state index in [1.54, 1.807) is 4.90 Å². The maximum Gasteiger partial charge on any atom is 0.324 e. The van der Waals surface area contributed by atoms with Crippen LogP contribution < -0.4 is 5.32 Å². The van der Waals surface area contributed by atoms with Crippen LogP contribution in [0, 0.1) is 11.3 Å². The number of urea groups is 1. The highest BCUT2D eigenvalue weighted by atomic mass is 16.2. The van der Waals surface area contributed by atoms with Crippen LogP contribution in [0.5, 0.6) is 0 Å². The Hall–Kier alpha value is -1.06. The molecule has 0 radical (unpaired) electrons. The second-order valence-electron chi connectivity index (χ2n) is 5.24. The molecule has 1 atom stereocenters. The summed E-state index contributed by atoms with van der Waals surface area (Å²) in [6, 6.07) is -0.216. The molecule has 0 spiro atoms. The zero-order chi connectivity index (χ0) is 11.1. The second kappa shape index (κ2) is 3.51. The van der Waals surface area contributed by atoms with E-state index in [0.29, 0.717) is 6.54 Å². The number of rotatable bonds is 2.